The van der Waals surface area contributed by atoms with Crippen LogP contribution in [-0.2, 0) is 6.54 Å². The number of halogens is 2. The summed E-state index contributed by atoms with van der Waals surface area (Å²) in [7, 11) is 0. The molecule has 20 heavy (non-hydrogen) atoms. The second kappa shape index (κ2) is 5.88. The molecule has 0 heterocycles. The van der Waals surface area contributed by atoms with Crippen molar-refractivity contribution in [2.75, 3.05) is 5.32 Å². The first-order valence-electron chi connectivity index (χ1n) is 5.89. The molecule has 2 rings (SSSR count). The van der Waals surface area contributed by atoms with Crippen LogP contribution in [0.5, 0.6) is 0 Å². The Bertz CT molecular complexity index is 641. The Kier molecular flexibility index (Phi) is 4.20. The predicted octanol–water partition coefficient (Wildman–Crippen LogP) is 4.31. The minimum Gasteiger partial charge on any atom is -0.381 e. The van der Waals surface area contributed by atoms with Crippen molar-refractivity contribution in [3.8, 4) is 0 Å². The van der Waals surface area contributed by atoms with Crippen molar-refractivity contribution in [2.24, 2.45) is 0 Å². The van der Waals surface area contributed by atoms with E-state index in [-0.39, 0.29) is 11.5 Å². The Morgan fingerprint density at radius 2 is 2.05 bits per heavy atom. The molecule has 0 atom stereocenters. The number of nitrogens with zero attached hydrogens (tertiary/aromatic N) is 1. The summed E-state index contributed by atoms with van der Waals surface area (Å²) in [4.78, 5) is 10.1. The first-order valence-corrected chi connectivity index (χ1v) is 6.27. The molecule has 0 aliphatic carbocycles. The van der Waals surface area contributed by atoms with E-state index in [1.54, 1.807) is 13.0 Å². The van der Waals surface area contributed by atoms with Crippen molar-refractivity contribution >= 4 is 23.0 Å². The van der Waals surface area contributed by atoms with Gasteiger partial charge in [0.1, 0.15) is 5.82 Å². The average Bonchev–Trinajstić information content (AvgIpc) is 2.36. The SMILES string of the molecule is Cc1cc(F)cc(NCc2ccc([N+](=O)[O-])cc2Cl)c1. The highest BCUT2D eigenvalue weighted by Crippen LogP contribution is 2.23. The lowest BCUT2D eigenvalue weighted by atomic mass is 10.2. The molecular formula is C14H12ClFN2O2. The van der Waals surface area contributed by atoms with E-state index in [1.807, 2.05) is 6.07 Å². The van der Waals surface area contributed by atoms with Crippen LogP contribution in [-0.4, -0.2) is 4.92 Å². The summed E-state index contributed by atoms with van der Waals surface area (Å²) in [5, 5.41) is 14.0. The molecule has 0 aliphatic rings. The molecule has 0 saturated carbocycles. The van der Waals surface area contributed by atoms with Gasteiger partial charge in [0.2, 0.25) is 0 Å². The molecule has 0 fully saturated rings. The summed E-state index contributed by atoms with van der Waals surface area (Å²) in [6, 6.07) is 8.90. The second-order valence-corrected chi connectivity index (χ2v) is 4.81. The molecule has 0 unspecified atom stereocenters. The molecule has 0 aliphatic heterocycles. The Labute approximate surface area is 120 Å². The molecule has 4 nitrogen and oxygen atoms in total. The zero-order valence-corrected chi connectivity index (χ0v) is 11.4. The summed E-state index contributed by atoms with van der Waals surface area (Å²) in [6.45, 7) is 2.16. The van der Waals surface area contributed by atoms with Crippen LogP contribution >= 0.6 is 11.6 Å². The quantitative estimate of drug-likeness (QED) is 0.675. The van der Waals surface area contributed by atoms with E-state index in [1.165, 1.54) is 24.3 Å². The Morgan fingerprint density at radius 1 is 1.30 bits per heavy atom. The van der Waals surface area contributed by atoms with Crippen molar-refractivity contribution in [1.82, 2.24) is 0 Å². The maximum Gasteiger partial charge on any atom is 0.270 e. The number of non-ortho nitro benzene ring substituents is 1. The van der Waals surface area contributed by atoms with Gasteiger partial charge in [-0.15, -0.1) is 0 Å². The maximum absolute atomic E-state index is 13.2. The number of anilines is 1. The average molecular weight is 295 g/mol. The van der Waals surface area contributed by atoms with Crippen LogP contribution in [0, 0.1) is 22.9 Å². The molecule has 0 amide bonds. The number of nitrogens with one attached hydrogen (secondary N) is 1. The number of hydrogen-bond acceptors (Lipinski definition) is 3. The number of nitro groups is 1. The highest BCUT2D eigenvalue weighted by atomic mass is 35.5. The lowest BCUT2D eigenvalue weighted by Gasteiger charge is -2.09. The van der Waals surface area contributed by atoms with Crippen LogP contribution in [0.3, 0.4) is 0 Å². The highest BCUT2D eigenvalue weighted by molar-refractivity contribution is 6.31. The Balaban J connectivity index is 2.12. The van der Waals surface area contributed by atoms with Gasteiger partial charge < -0.3 is 5.32 Å². The van der Waals surface area contributed by atoms with Crippen LogP contribution in [0.2, 0.25) is 5.02 Å². The van der Waals surface area contributed by atoms with Crippen LogP contribution in [0.25, 0.3) is 0 Å². The van der Waals surface area contributed by atoms with E-state index in [2.05, 4.69) is 5.32 Å². The first kappa shape index (κ1) is 14.3. The third kappa shape index (κ3) is 3.45. The molecule has 0 spiro atoms. The normalized spacial score (nSPS) is 10.3. The fraction of sp³-hybridized carbons (Fsp3) is 0.143. The Hall–Kier alpha value is -2.14. The van der Waals surface area contributed by atoms with Crippen LogP contribution in [0.1, 0.15) is 11.1 Å². The standard InChI is InChI=1S/C14H12ClFN2O2/c1-9-4-11(16)6-12(5-9)17-8-10-2-3-13(18(19)20)7-14(10)15/h2-7,17H,8H2,1H3. The van der Waals surface area contributed by atoms with Crippen LogP contribution in [0.4, 0.5) is 15.8 Å². The minimum absolute atomic E-state index is 0.0552. The van der Waals surface area contributed by atoms with Gasteiger partial charge in [0.15, 0.2) is 0 Å². The summed E-state index contributed by atoms with van der Waals surface area (Å²) >= 11 is 5.98. The predicted molar refractivity (Wildman–Crippen MR) is 76.6 cm³/mol. The molecule has 2 aromatic carbocycles. The maximum atomic E-state index is 13.2. The molecule has 0 bridgehead atoms. The van der Waals surface area contributed by atoms with Gasteiger partial charge in [-0.2, -0.15) is 0 Å². The molecular weight excluding hydrogens is 283 g/mol. The smallest absolute Gasteiger partial charge is 0.270 e. The molecule has 6 heteroatoms. The molecule has 2 aromatic rings. The van der Waals surface area contributed by atoms with Gasteiger partial charge in [-0.25, -0.2) is 4.39 Å². The summed E-state index contributed by atoms with van der Waals surface area (Å²) in [5.41, 5.74) is 2.10. The number of nitro benzene ring substituents is 1. The fourth-order valence-electron chi connectivity index (χ4n) is 1.83. The van der Waals surface area contributed by atoms with Crippen molar-refractivity contribution in [1.29, 1.82) is 0 Å². The highest BCUT2D eigenvalue weighted by Gasteiger charge is 2.09. The number of benzene rings is 2. The van der Waals surface area contributed by atoms with Crippen LogP contribution < -0.4 is 5.32 Å². The Morgan fingerprint density at radius 3 is 2.65 bits per heavy atom. The third-order valence-electron chi connectivity index (χ3n) is 2.77. The number of hydrogen-bond donors (Lipinski definition) is 1. The first-order chi connectivity index (χ1) is 9.45. The summed E-state index contributed by atoms with van der Waals surface area (Å²) < 4.78 is 13.2. The van der Waals surface area contributed by atoms with Gasteiger partial charge in [0.05, 0.1) is 9.95 Å². The molecule has 104 valence electrons. The van der Waals surface area contributed by atoms with Gasteiger partial charge in [0, 0.05) is 24.4 Å². The number of rotatable bonds is 4. The number of aryl methyl sites for hydroxylation is 1. The van der Waals surface area contributed by atoms with Gasteiger partial charge in [-0.3, -0.25) is 10.1 Å². The van der Waals surface area contributed by atoms with Crippen molar-refractivity contribution in [2.45, 2.75) is 13.5 Å². The van der Waals surface area contributed by atoms with Crippen molar-refractivity contribution in [3.63, 3.8) is 0 Å². The van der Waals surface area contributed by atoms with E-state index in [4.69, 9.17) is 11.6 Å². The van der Waals surface area contributed by atoms with E-state index in [0.717, 1.165) is 5.56 Å². The van der Waals surface area contributed by atoms with Gasteiger partial charge >= 0.3 is 0 Å². The van der Waals surface area contributed by atoms with Gasteiger partial charge in [-0.05, 0) is 42.3 Å². The minimum atomic E-state index is -0.501. The molecule has 0 radical (unpaired) electrons. The zero-order chi connectivity index (χ0) is 14.7. The monoisotopic (exact) mass is 294 g/mol. The second-order valence-electron chi connectivity index (χ2n) is 4.40. The van der Waals surface area contributed by atoms with Gasteiger partial charge in [0.25, 0.3) is 5.69 Å². The molecule has 0 saturated heterocycles. The summed E-state index contributed by atoms with van der Waals surface area (Å²) in [6.07, 6.45) is 0. The van der Waals surface area contributed by atoms with E-state index in [0.29, 0.717) is 22.8 Å². The lowest BCUT2D eigenvalue weighted by molar-refractivity contribution is -0.384. The zero-order valence-electron chi connectivity index (χ0n) is 10.7. The van der Waals surface area contributed by atoms with E-state index < -0.39 is 4.92 Å². The fourth-order valence-corrected chi connectivity index (χ4v) is 2.07. The third-order valence-corrected chi connectivity index (χ3v) is 3.12. The largest absolute Gasteiger partial charge is 0.381 e. The van der Waals surface area contributed by atoms with E-state index >= 15 is 0 Å². The lowest BCUT2D eigenvalue weighted by Crippen LogP contribution is -2.01. The van der Waals surface area contributed by atoms with Crippen LogP contribution in [0.15, 0.2) is 36.4 Å². The van der Waals surface area contributed by atoms with Crippen molar-refractivity contribution < 1.29 is 9.31 Å². The van der Waals surface area contributed by atoms with Crippen molar-refractivity contribution in [3.05, 3.63) is 68.5 Å². The topological polar surface area (TPSA) is 55.2 Å². The molecule has 0 aromatic heterocycles. The summed E-state index contributed by atoms with van der Waals surface area (Å²) in [5.74, 6) is -0.317. The van der Waals surface area contributed by atoms with Gasteiger partial charge in [-0.1, -0.05) is 11.6 Å². The van der Waals surface area contributed by atoms with E-state index in [9.17, 15) is 14.5 Å². The molecule has 1 N–H and O–H groups in total.